The highest BCUT2D eigenvalue weighted by atomic mass is 79.9. The highest BCUT2D eigenvalue weighted by Crippen LogP contribution is 2.25. The van der Waals surface area contributed by atoms with Gasteiger partial charge in [0.25, 0.3) is 11.4 Å². The Kier molecular flexibility index (Phi) is 12.3. The zero-order valence-corrected chi connectivity index (χ0v) is 15.8. The van der Waals surface area contributed by atoms with E-state index < -0.39 is 44.4 Å². The molecule has 0 heterocycles. The van der Waals surface area contributed by atoms with E-state index in [0.29, 0.717) is 18.4 Å². The maximum absolute atomic E-state index is 13.2. The van der Waals surface area contributed by atoms with Gasteiger partial charge in [-0.25, -0.2) is 13.6 Å². The van der Waals surface area contributed by atoms with E-state index in [9.17, 15) is 43.4 Å². The van der Waals surface area contributed by atoms with Crippen LogP contribution in [0.25, 0.3) is 0 Å². The highest BCUT2D eigenvalue weighted by Gasteiger charge is 2.21. The molecule has 0 bridgehead atoms. The van der Waals surface area contributed by atoms with Crippen LogP contribution in [0.3, 0.4) is 0 Å². The third-order valence-corrected chi connectivity index (χ3v) is 3.85. The van der Waals surface area contributed by atoms with Gasteiger partial charge >= 0.3 is 5.97 Å². The normalized spacial score (nSPS) is 9.03. The first-order valence-corrected chi connectivity index (χ1v) is 7.96. The molecular formula is C18H17BrF2N2O8. The zero-order chi connectivity index (χ0) is 22.3. The first-order chi connectivity index (χ1) is 13.6. The molecule has 10 nitrogen and oxygen atoms in total. The van der Waals surface area contributed by atoms with Crippen LogP contribution in [-0.2, 0) is 4.74 Å². The number of ether oxygens (including phenoxy) is 1. The van der Waals surface area contributed by atoms with Crippen molar-refractivity contribution in [2.24, 2.45) is 0 Å². The number of nitrogens with zero attached hydrogens (tertiary/aromatic N) is 2. The SMILES string of the molecule is C.C.COC(=O)c1cc(C=O)c([N+](=O)[O-])cc1F.O=Cc1cc(Br)c(F)cc1[N+](=O)[O-]. The van der Waals surface area contributed by atoms with E-state index in [0.717, 1.165) is 19.2 Å². The summed E-state index contributed by atoms with van der Waals surface area (Å²) in [5.41, 5.74) is -2.28. The van der Waals surface area contributed by atoms with Crippen LogP contribution in [-0.4, -0.2) is 35.5 Å². The topological polar surface area (TPSA) is 147 Å². The third kappa shape index (κ3) is 7.29. The average molecular weight is 507 g/mol. The van der Waals surface area contributed by atoms with Crippen molar-refractivity contribution in [3.8, 4) is 0 Å². The number of aldehydes is 2. The Morgan fingerprint density at radius 3 is 1.74 bits per heavy atom. The predicted molar refractivity (Wildman–Crippen MR) is 109 cm³/mol. The van der Waals surface area contributed by atoms with Crippen LogP contribution < -0.4 is 0 Å². The molecule has 0 fully saturated rings. The van der Waals surface area contributed by atoms with Crippen LogP contribution in [0.15, 0.2) is 28.7 Å². The van der Waals surface area contributed by atoms with E-state index in [2.05, 4.69) is 20.7 Å². The molecule has 0 aliphatic carbocycles. The van der Waals surface area contributed by atoms with E-state index in [1.54, 1.807) is 0 Å². The quantitative estimate of drug-likeness (QED) is 0.240. The number of hydrogen-bond acceptors (Lipinski definition) is 8. The highest BCUT2D eigenvalue weighted by molar-refractivity contribution is 9.10. The summed E-state index contributed by atoms with van der Waals surface area (Å²) in [4.78, 5) is 51.0. The Balaban J connectivity index is 0. The van der Waals surface area contributed by atoms with Crippen LogP contribution in [0.5, 0.6) is 0 Å². The number of nitro groups is 2. The molecule has 31 heavy (non-hydrogen) atoms. The maximum atomic E-state index is 13.2. The van der Waals surface area contributed by atoms with Crippen LogP contribution in [0.2, 0.25) is 0 Å². The van der Waals surface area contributed by atoms with Gasteiger partial charge < -0.3 is 4.74 Å². The number of carbonyl (C=O) groups is 3. The molecule has 0 radical (unpaired) electrons. The zero-order valence-electron chi connectivity index (χ0n) is 14.3. The second kappa shape index (κ2) is 12.8. The number of benzene rings is 2. The lowest BCUT2D eigenvalue weighted by Crippen LogP contribution is -2.07. The summed E-state index contributed by atoms with van der Waals surface area (Å²) in [5, 5.41) is 20.8. The molecule has 0 N–H and O–H groups in total. The summed E-state index contributed by atoms with van der Waals surface area (Å²) >= 11 is 2.81. The number of halogens is 3. The molecule has 0 aliphatic heterocycles. The van der Waals surface area contributed by atoms with Crippen molar-refractivity contribution in [1.82, 2.24) is 0 Å². The molecule has 0 saturated carbocycles. The van der Waals surface area contributed by atoms with Gasteiger partial charge in [-0.2, -0.15) is 0 Å². The Labute approximate surface area is 183 Å². The second-order valence-electron chi connectivity index (χ2n) is 4.96. The summed E-state index contributed by atoms with van der Waals surface area (Å²) in [6.45, 7) is 0. The molecule has 2 aromatic carbocycles. The van der Waals surface area contributed by atoms with E-state index in [4.69, 9.17) is 0 Å². The fourth-order valence-corrected chi connectivity index (χ4v) is 2.26. The molecule has 0 spiro atoms. The van der Waals surface area contributed by atoms with Gasteiger partial charge in [0.1, 0.15) is 11.6 Å². The van der Waals surface area contributed by atoms with Crippen LogP contribution in [0, 0.1) is 31.9 Å². The molecule has 13 heteroatoms. The number of methoxy groups -OCH3 is 1. The predicted octanol–water partition coefficient (Wildman–Crippen LogP) is 4.91. The minimum absolute atomic E-state index is 0. The average Bonchev–Trinajstić information content (AvgIpc) is 2.69. The lowest BCUT2D eigenvalue weighted by Gasteiger charge is -2.02. The molecule has 0 atom stereocenters. The van der Waals surface area contributed by atoms with E-state index in [-0.39, 0.29) is 36.7 Å². The van der Waals surface area contributed by atoms with Gasteiger partial charge in [-0.05, 0) is 28.1 Å². The van der Waals surface area contributed by atoms with Crippen molar-refractivity contribution in [3.63, 3.8) is 0 Å². The molecule has 2 rings (SSSR count). The second-order valence-corrected chi connectivity index (χ2v) is 5.81. The molecule has 0 saturated heterocycles. The van der Waals surface area contributed by atoms with Crippen molar-refractivity contribution >= 4 is 45.8 Å². The van der Waals surface area contributed by atoms with Crippen molar-refractivity contribution in [2.45, 2.75) is 14.9 Å². The smallest absolute Gasteiger partial charge is 0.340 e. The fraction of sp³-hybridized carbons (Fsp3) is 0.167. The van der Waals surface area contributed by atoms with Gasteiger partial charge in [-0.3, -0.25) is 29.8 Å². The summed E-state index contributed by atoms with van der Waals surface area (Å²) in [5.74, 6) is -2.88. The summed E-state index contributed by atoms with van der Waals surface area (Å²) in [6, 6.07) is 3.07. The standard InChI is InChI=1S/C9H6FNO5.C7H3BrFNO3.2CH4/c1-16-9(13)6-2-5(4-12)8(11(14)15)3-7(6)10;8-5-1-4(3-11)7(10(12)13)2-6(5)9;;/h2-4H,1H3;1-3H;2*1H4. The Morgan fingerprint density at radius 2 is 1.35 bits per heavy atom. The van der Waals surface area contributed by atoms with Crippen molar-refractivity contribution in [1.29, 1.82) is 0 Å². The fourth-order valence-electron chi connectivity index (χ4n) is 1.90. The number of rotatable bonds is 5. The van der Waals surface area contributed by atoms with Crippen molar-refractivity contribution in [2.75, 3.05) is 7.11 Å². The lowest BCUT2D eigenvalue weighted by atomic mass is 10.1. The van der Waals surface area contributed by atoms with Gasteiger partial charge in [0, 0.05) is 0 Å². The first kappa shape index (κ1) is 29.6. The van der Waals surface area contributed by atoms with Gasteiger partial charge in [0.15, 0.2) is 12.6 Å². The molecule has 0 unspecified atom stereocenters. The number of hydrogen-bond donors (Lipinski definition) is 0. The molecule has 2 aromatic rings. The Hall–Kier alpha value is -3.61. The lowest BCUT2D eigenvalue weighted by molar-refractivity contribution is -0.385. The number of nitro benzene ring substituents is 2. The molecule has 0 aliphatic rings. The summed E-state index contributed by atoms with van der Waals surface area (Å²) in [6.07, 6.45) is 0.479. The van der Waals surface area contributed by atoms with Gasteiger partial charge in [0.05, 0.1) is 50.3 Å². The largest absolute Gasteiger partial charge is 0.465 e. The Morgan fingerprint density at radius 1 is 0.935 bits per heavy atom. The Bertz CT molecular complexity index is 1010. The molecule has 0 amide bonds. The third-order valence-electron chi connectivity index (χ3n) is 3.24. The molecular weight excluding hydrogens is 490 g/mol. The van der Waals surface area contributed by atoms with Gasteiger partial charge in [0.2, 0.25) is 0 Å². The summed E-state index contributed by atoms with van der Waals surface area (Å²) < 4.78 is 30.3. The molecule has 0 aromatic heterocycles. The number of esters is 1. The minimum Gasteiger partial charge on any atom is -0.465 e. The number of carbonyl (C=O) groups excluding carboxylic acids is 3. The van der Waals surface area contributed by atoms with E-state index in [1.165, 1.54) is 0 Å². The maximum Gasteiger partial charge on any atom is 0.340 e. The molecule has 168 valence electrons. The summed E-state index contributed by atoms with van der Waals surface area (Å²) in [7, 11) is 1.03. The monoisotopic (exact) mass is 506 g/mol. The van der Waals surface area contributed by atoms with E-state index >= 15 is 0 Å². The van der Waals surface area contributed by atoms with Gasteiger partial charge in [-0.15, -0.1) is 0 Å². The van der Waals surface area contributed by atoms with Crippen LogP contribution in [0.1, 0.15) is 45.9 Å². The van der Waals surface area contributed by atoms with Crippen LogP contribution >= 0.6 is 15.9 Å². The van der Waals surface area contributed by atoms with Gasteiger partial charge in [-0.1, -0.05) is 14.9 Å². The van der Waals surface area contributed by atoms with E-state index in [1.807, 2.05) is 0 Å². The first-order valence-electron chi connectivity index (χ1n) is 7.17. The minimum atomic E-state index is -1.11. The van der Waals surface area contributed by atoms with Crippen molar-refractivity contribution in [3.05, 3.63) is 77.3 Å². The van der Waals surface area contributed by atoms with Crippen LogP contribution in [0.4, 0.5) is 20.2 Å². The van der Waals surface area contributed by atoms with Crippen molar-refractivity contribution < 1.29 is 37.7 Å².